The lowest BCUT2D eigenvalue weighted by atomic mass is 10.0. The zero-order valence-electron chi connectivity index (χ0n) is 18.1. The van der Waals surface area contributed by atoms with Gasteiger partial charge in [0.15, 0.2) is 0 Å². The number of hydrogen-bond donors (Lipinski definition) is 2. The first-order valence-electron chi connectivity index (χ1n) is 10.4. The van der Waals surface area contributed by atoms with Gasteiger partial charge in [0.2, 0.25) is 5.91 Å². The van der Waals surface area contributed by atoms with Crippen LogP contribution in [-0.2, 0) is 16.0 Å². The summed E-state index contributed by atoms with van der Waals surface area (Å²) in [5.74, 6) is -2.44. The Labute approximate surface area is 194 Å². The minimum absolute atomic E-state index is 0.118. The molecule has 33 heavy (non-hydrogen) atoms. The number of aromatic amines is 1. The fourth-order valence-corrected chi connectivity index (χ4v) is 4.05. The van der Waals surface area contributed by atoms with Crippen LogP contribution in [0.5, 0.6) is 0 Å². The summed E-state index contributed by atoms with van der Waals surface area (Å²) in [6.07, 6.45) is 1.31. The summed E-state index contributed by atoms with van der Waals surface area (Å²) < 4.78 is 33.4. The average molecular weight is 477 g/mol. The Hall–Kier alpha value is -3.04. The molecule has 1 saturated heterocycles. The predicted octanol–water partition coefficient (Wildman–Crippen LogP) is 3.47. The Kier molecular flexibility index (Phi) is 6.36. The van der Waals surface area contributed by atoms with Gasteiger partial charge in [0.05, 0.1) is 17.2 Å². The van der Waals surface area contributed by atoms with Crippen LogP contribution in [0.15, 0.2) is 36.5 Å². The third-order valence-corrected chi connectivity index (χ3v) is 5.67. The molecule has 2 aromatic heterocycles. The standard InChI is InChI=1S/C23H23ClF2N4O3/c1-23(2)12-30(5-6-33-23)22(32)19(8-13-3-4-16(25)10-17(13)26)29-21(31)18-9-14-7-15(24)11-27-20(14)28-18/h3-4,7,9-11,19H,5-6,8,12H2,1-2H3,(H,27,28)(H,29,31)/t19-/m0/s1. The second kappa shape index (κ2) is 9.07. The summed E-state index contributed by atoms with van der Waals surface area (Å²) in [7, 11) is 0. The molecule has 0 unspecified atom stereocenters. The maximum Gasteiger partial charge on any atom is 0.268 e. The molecule has 2 N–H and O–H groups in total. The Bertz CT molecular complexity index is 1210. The van der Waals surface area contributed by atoms with E-state index in [9.17, 15) is 18.4 Å². The van der Waals surface area contributed by atoms with Crippen LogP contribution in [0, 0.1) is 11.6 Å². The van der Waals surface area contributed by atoms with Crippen LogP contribution >= 0.6 is 11.6 Å². The first kappa shape index (κ1) is 23.1. The zero-order chi connectivity index (χ0) is 23.8. The van der Waals surface area contributed by atoms with Gasteiger partial charge in [-0.15, -0.1) is 0 Å². The lowest BCUT2D eigenvalue weighted by Crippen LogP contribution is -2.56. The molecule has 0 radical (unpaired) electrons. The lowest BCUT2D eigenvalue weighted by molar-refractivity contribution is -0.147. The summed E-state index contributed by atoms with van der Waals surface area (Å²) in [5.41, 5.74) is 0.213. The molecule has 0 spiro atoms. The third kappa shape index (κ3) is 5.31. The molecule has 174 valence electrons. The first-order valence-corrected chi connectivity index (χ1v) is 10.8. The summed E-state index contributed by atoms with van der Waals surface area (Å²) in [6.45, 7) is 4.73. The van der Waals surface area contributed by atoms with Crippen molar-refractivity contribution in [1.29, 1.82) is 0 Å². The minimum atomic E-state index is -1.07. The molecule has 1 atom stereocenters. The van der Waals surface area contributed by atoms with E-state index in [1.54, 1.807) is 17.0 Å². The monoisotopic (exact) mass is 476 g/mol. The second-order valence-electron chi connectivity index (χ2n) is 8.61. The number of hydrogen-bond acceptors (Lipinski definition) is 4. The summed E-state index contributed by atoms with van der Waals surface area (Å²) in [5, 5.41) is 3.75. The highest BCUT2D eigenvalue weighted by Gasteiger charge is 2.34. The number of nitrogens with one attached hydrogen (secondary N) is 2. The summed E-state index contributed by atoms with van der Waals surface area (Å²) in [4.78, 5) is 35.0. The van der Waals surface area contributed by atoms with Gasteiger partial charge in [0, 0.05) is 37.2 Å². The Morgan fingerprint density at radius 3 is 2.82 bits per heavy atom. The highest BCUT2D eigenvalue weighted by Crippen LogP contribution is 2.21. The van der Waals surface area contributed by atoms with Crippen LogP contribution in [-0.4, -0.2) is 58.0 Å². The van der Waals surface area contributed by atoms with Crippen molar-refractivity contribution in [3.63, 3.8) is 0 Å². The number of amides is 2. The molecule has 1 aromatic carbocycles. The van der Waals surface area contributed by atoms with E-state index in [2.05, 4.69) is 15.3 Å². The number of benzene rings is 1. The van der Waals surface area contributed by atoms with Crippen LogP contribution in [0.3, 0.4) is 0 Å². The van der Waals surface area contributed by atoms with Gasteiger partial charge in [0.1, 0.15) is 29.0 Å². The van der Waals surface area contributed by atoms with E-state index in [-0.39, 0.29) is 23.6 Å². The van der Waals surface area contributed by atoms with Crippen molar-refractivity contribution in [2.75, 3.05) is 19.7 Å². The summed E-state index contributed by atoms with van der Waals surface area (Å²) in [6, 6.07) is 5.30. The Balaban J connectivity index is 1.60. The number of rotatable bonds is 5. The van der Waals surface area contributed by atoms with Crippen molar-refractivity contribution >= 4 is 34.4 Å². The molecule has 10 heteroatoms. The molecule has 0 bridgehead atoms. The molecule has 0 saturated carbocycles. The maximum atomic E-state index is 14.4. The normalized spacial score (nSPS) is 16.6. The van der Waals surface area contributed by atoms with Gasteiger partial charge < -0.3 is 19.9 Å². The van der Waals surface area contributed by atoms with Gasteiger partial charge in [-0.3, -0.25) is 9.59 Å². The number of nitrogens with zero attached hydrogens (tertiary/aromatic N) is 2. The summed E-state index contributed by atoms with van der Waals surface area (Å²) >= 11 is 5.96. The van der Waals surface area contributed by atoms with Gasteiger partial charge in [0.25, 0.3) is 5.91 Å². The van der Waals surface area contributed by atoms with Crippen LogP contribution in [0.4, 0.5) is 8.78 Å². The van der Waals surface area contributed by atoms with Crippen molar-refractivity contribution < 1.29 is 23.1 Å². The van der Waals surface area contributed by atoms with E-state index in [4.69, 9.17) is 16.3 Å². The van der Waals surface area contributed by atoms with E-state index >= 15 is 0 Å². The number of H-pyrrole nitrogens is 1. The molecule has 2 amide bonds. The minimum Gasteiger partial charge on any atom is -0.372 e. The molecule has 7 nitrogen and oxygen atoms in total. The number of pyridine rings is 1. The highest BCUT2D eigenvalue weighted by atomic mass is 35.5. The second-order valence-corrected chi connectivity index (χ2v) is 9.04. The van der Waals surface area contributed by atoms with Gasteiger partial charge in [-0.1, -0.05) is 17.7 Å². The molecule has 4 rings (SSSR count). The van der Waals surface area contributed by atoms with Gasteiger partial charge in [-0.25, -0.2) is 13.8 Å². The van der Waals surface area contributed by atoms with E-state index in [0.29, 0.717) is 35.8 Å². The number of morpholine rings is 1. The molecule has 0 aliphatic carbocycles. The fourth-order valence-electron chi connectivity index (χ4n) is 3.88. The number of halogens is 3. The van der Waals surface area contributed by atoms with Crippen molar-refractivity contribution in [1.82, 2.24) is 20.2 Å². The van der Waals surface area contributed by atoms with E-state index in [1.807, 2.05) is 13.8 Å². The van der Waals surface area contributed by atoms with Crippen LogP contribution < -0.4 is 5.32 Å². The van der Waals surface area contributed by atoms with Crippen LogP contribution in [0.1, 0.15) is 29.9 Å². The number of carbonyl (C=O) groups is 2. The highest BCUT2D eigenvalue weighted by molar-refractivity contribution is 6.31. The smallest absolute Gasteiger partial charge is 0.268 e. The van der Waals surface area contributed by atoms with Crippen molar-refractivity contribution in [3.8, 4) is 0 Å². The zero-order valence-corrected chi connectivity index (χ0v) is 18.9. The Morgan fingerprint density at radius 2 is 2.09 bits per heavy atom. The van der Waals surface area contributed by atoms with E-state index in [0.717, 1.165) is 12.1 Å². The maximum absolute atomic E-state index is 14.4. The molecule has 1 aliphatic rings. The van der Waals surface area contributed by atoms with Gasteiger partial charge >= 0.3 is 0 Å². The molecule has 1 fully saturated rings. The lowest BCUT2D eigenvalue weighted by Gasteiger charge is -2.39. The van der Waals surface area contributed by atoms with Gasteiger partial charge in [-0.05, 0) is 37.6 Å². The van der Waals surface area contributed by atoms with Crippen molar-refractivity contribution in [2.24, 2.45) is 0 Å². The van der Waals surface area contributed by atoms with Gasteiger partial charge in [-0.2, -0.15) is 0 Å². The van der Waals surface area contributed by atoms with E-state index in [1.165, 1.54) is 12.3 Å². The number of ether oxygens (including phenoxy) is 1. The fraction of sp³-hybridized carbons (Fsp3) is 0.348. The SMILES string of the molecule is CC1(C)CN(C(=O)[C@H](Cc2ccc(F)cc2F)NC(=O)c2cc3cc(Cl)cnc3[nH]2)CCO1. The van der Waals surface area contributed by atoms with Crippen LogP contribution in [0.2, 0.25) is 5.02 Å². The first-order chi connectivity index (χ1) is 15.6. The number of carbonyl (C=O) groups excluding carboxylic acids is 2. The topological polar surface area (TPSA) is 87.3 Å². The molecule has 1 aliphatic heterocycles. The van der Waals surface area contributed by atoms with E-state index < -0.39 is 29.2 Å². The quantitative estimate of drug-likeness (QED) is 0.590. The molecular weight excluding hydrogens is 454 g/mol. The molecular formula is C23H23ClF2N4O3. The number of fused-ring (bicyclic) bond motifs is 1. The average Bonchev–Trinajstić information content (AvgIpc) is 3.17. The largest absolute Gasteiger partial charge is 0.372 e. The third-order valence-electron chi connectivity index (χ3n) is 5.46. The van der Waals surface area contributed by atoms with Crippen molar-refractivity contribution in [3.05, 3.63) is 64.4 Å². The molecule has 3 aromatic rings. The molecule has 3 heterocycles. The predicted molar refractivity (Wildman–Crippen MR) is 119 cm³/mol. The number of aromatic nitrogens is 2. The van der Waals surface area contributed by atoms with Crippen LogP contribution in [0.25, 0.3) is 11.0 Å². The van der Waals surface area contributed by atoms with Crippen molar-refractivity contribution in [2.45, 2.75) is 31.9 Å². The Morgan fingerprint density at radius 1 is 1.30 bits per heavy atom.